The molecule has 0 aliphatic carbocycles. The fourth-order valence-corrected chi connectivity index (χ4v) is 3.06. The highest BCUT2D eigenvalue weighted by Gasteiger charge is 2.06. The maximum atomic E-state index is 3.43. The molecule has 3 heteroatoms. The van der Waals surface area contributed by atoms with E-state index in [4.69, 9.17) is 0 Å². The van der Waals surface area contributed by atoms with E-state index in [-0.39, 0.29) is 0 Å². The van der Waals surface area contributed by atoms with Crippen LogP contribution < -0.4 is 15.1 Å². The van der Waals surface area contributed by atoms with Crippen LogP contribution in [0.2, 0.25) is 0 Å². The van der Waals surface area contributed by atoms with Gasteiger partial charge in [-0.15, -0.1) is 0 Å². The summed E-state index contributed by atoms with van der Waals surface area (Å²) in [6.45, 7) is 10.8. The summed E-state index contributed by atoms with van der Waals surface area (Å²) in [5.74, 6) is 0.703. The van der Waals surface area contributed by atoms with Gasteiger partial charge >= 0.3 is 0 Å². The van der Waals surface area contributed by atoms with Crippen LogP contribution in [0.4, 0.5) is 17.1 Å². The third kappa shape index (κ3) is 6.29. The van der Waals surface area contributed by atoms with Gasteiger partial charge in [0.2, 0.25) is 0 Å². The maximum absolute atomic E-state index is 3.43. The molecule has 2 rings (SSSR count). The van der Waals surface area contributed by atoms with Crippen molar-refractivity contribution in [2.45, 2.75) is 40.2 Å². The number of anilines is 3. The number of benzene rings is 2. The second kappa shape index (κ2) is 9.51. The van der Waals surface area contributed by atoms with Crippen LogP contribution in [0.15, 0.2) is 48.5 Å². The molecular weight excluding hydrogens is 318 g/mol. The summed E-state index contributed by atoms with van der Waals surface area (Å²) in [6.07, 6.45) is 1.15. The zero-order valence-corrected chi connectivity index (χ0v) is 17.3. The van der Waals surface area contributed by atoms with Crippen LogP contribution in [0.5, 0.6) is 0 Å². The lowest BCUT2D eigenvalue weighted by Gasteiger charge is -2.25. The molecule has 0 fully saturated rings. The lowest BCUT2D eigenvalue weighted by Crippen LogP contribution is -2.30. The molecule has 0 heterocycles. The lowest BCUT2D eigenvalue weighted by molar-refractivity contribution is 0.647. The Morgan fingerprint density at radius 2 is 1.19 bits per heavy atom. The van der Waals surface area contributed by atoms with E-state index in [1.165, 1.54) is 22.6 Å². The fourth-order valence-electron chi connectivity index (χ4n) is 3.06. The van der Waals surface area contributed by atoms with Crippen LogP contribution in [0.3, 0.4) is 0 Å². The summed E-state index contributed by atoms with van der Waals surface area (Å²) in [7, 11) is 4.32. The van der Waals surface area contributed by atoms with Crippen LogP contribution >= 0.6 is 0 Å². The summed E-state index contributed by atoms with van der Waals surface area (Å²) in [4.78, 5) is 4.63. The highest BCUT2D eigenvalue weighted by atomic mass is 15.2. The number of nitrogens with one attached hydrogen (secondary N) is 1. The van der Waals surface area contributed by atoms with Gasteiger partial charge in [0.1, 0.15) is 0 Å². The van der Waals surface area contributed by atoms with Crippen molar-refractivity contribution in [1.29, 1.82) is 0 Å². The first kappa shape index (κ1) is 20.2. The first-order valence-corrected chi connectivity index (χ1v) is 9.73. The molecule has 0 unspecified atom stereocenters. The zero-order valence-electron chi connectivity index (χ0n) is 17.3. The van der Waals surface area contributed by atoms with Crippen molar-refractivity contribution in [2.75, 3.05) is 42.3 Å². The Morgan fingerprint density at radius 3 is 1.62 bits per heavy atom. The fraction of sp³-hybridized carbons (Fsp3) is 0.478. The van der Waals surface area contributed by atoms with Crippen molar-refractivity contribution in [1.82, 2.24) is 0 Å². The maximum Gasteiger partial charge on any atom is 0.0365 e. The van der Waals surface area contributed by atoms with E-state index >= 15 is 0 Å². The van der Waals surface area contributed by atoms with Gasteiger partial charge in [0, 0.05) is 50.3 Å². The average molecular weight is 354 g/mol. The Balaban J connectivity index is 1.86. The third-order valence-electron chi connectivity index (χ3n) is 4.56. The van der Waals surface area contributed by atoms with E-state index in [0.29, 0.717) is 12.0 Å². The zero-order chi connectivity index (χ0) is 19.1. The summed E-state index contributed by atoms with van der Waals surface area (Å²) in [5.41, 5.74) is 5.13. The summed E-state index contributed by atoms with van der Waals surface area (Å²) in [6, 6.07) is 18.1. The summed E-state index contributed by atoms with van der Waals surface area (Å²) in [5, 5.41) is 3.43. The molecule has 0 spiro atoms. The van der Waals surface area contributed by atoms with Crippen LogP contribution in [-0.2, 0) is 6.42 Å². The second-order valence-corrected chi connectivity index (χ2v) is 7.95. The van der Waals surface area contributed by atoms with Gasteiger partial charge in [-0.05, 0) is 68.1 Å². The van der Waals surface area contributed by atoms with Crippen LogP contribution in [0, 0.1) is 5.92 Å². The number of hydrogen-bond donors (Lipinski definition) is 1. The third-order valence-corrected chi connectivity index (χ3v) is 4.56. The Kier molecular flexibility index (Phi) is 7.38. The van der Waals surface area contributed by atoms with Gasteiger partial charge in [-0.2, -0.15) is 0 Å². The topological polar surface area (TPSA) is 18.5 Å². The predicted octanol–water partition coefficient (Wildman–Crippen LogP) is 5.28. The van der Waals surface area contributed by atoms with E-state index in [9.17, 15) is 0 Å². The molecule has 0 atom stereocenters. The van der Waals surface area contributed by atoms with Crippen molar-refractivity contribution in [2.24, 2.45) is 5.92 Å². The van der Waals surface area contributed by atoms with E-state index < -0.39 is 0 Å². The summed E-state index contributed by atoms with van der Waals surface area (Å²) >= 11 is 0. The van der Waals surface area contributed by atoms with Crippen molar-refractivity contribution < 1.29 is 0 Å². The Morgan fingerprint density at radius 1 is 0.731 bits per heavy atom. The molecule has 0 bridgehead atoms. The van der Waals surface area contributed by atoms with Crippen LogP contribution in [0.1, 0.15) is 33.3 Å². The molecule has 0 amide bonds. The first-order valence-electron chi connectivity index (χ1n) is 9.73. The minimum Gasteiger partial charge on any atom is -0.383 e. The number of hydrogen-bond acceptors (Lipinski definition) is 3. The SMILES string of the molecule is CC(C)Cc1ccc(N(C)CCN(C)c2ccc(NC(C)C)cc2)cc1. The number of nitrogens with zero attached hydrogens (tertiary/aromatic N) is 2. The van der Waals surface area contributed by atoms with E-state index in [2.05, 4.69) is 105 Å². The van der Waals surface area contributed by atoms with Gasteiger partial charge in [0.15, 0.2) is 0 Å². The highest BCUT2D eigenvalue weighted by molar-refractivity contribution is 5.55. The Hall–Kier alpha value is -2.16. The smallest absolute Gasteiger partial charge is 0.0365 e. The van der Waals surface area contributed by atoms with Crippen molar-refractivity contribution in [3.05, 3.63) is 54.1 Å². The van der Waals surface area contributed by atoms with Crippen molar-refractivity contribution in [3.8, 4) is 0 Å². The molecule has 2 aromatic rings. The largest absolute Gasteiger partial charge is 0.383 e. The molecule has 0 aliphatic rings. The van der Waals surface area contributed by atoms with Crippen molar-refractivity contribution in [3.63, 3.8) is 0 Å². The predicted molar refractivity (Wildman–Crippen MR) is 117 cm³/mol. The molecule has 142 valence electrons. The van der Waals surface area contributed by atoms with Crippen LogP contribution in [-0.4, -0.2) is 33.2 Å². The normalized spacial score (nSPS) is 11.1. The monoisotopic (exact) mass is 353 g/mol. The Bertz CT molecular complexity index is 585. The molecule has 0 aliphatic heterocycles. The molecule has 0 saturated heterocycles. The molecule has 0 saturated carbocycles. The van der Waals surface area contributed by atoms with Crippen LogP contribution in [0.25, 0.3) is 0 Å². The molecule has 1 N–H and O–H groups in total. The minimum atomic E-state index is 0.458. The Labute approximate surface area is 160 Å². The van der Waals surface area contributed by atoms with Gasteiger partial charge in [0.25, 0.3) is 0 Å². The van der Waals surface area contributed by atoms with E-state index in [0.717, 1.165) is 19.5 Å². The highest BCUT2D eigenvalue weighted by Crippen LogP contribution is 2.19. The van der Waals surface area contributed by atoms with Gasteiger partial charge in [0.05, 0.1) is 0 Å². The first-order chi connectivity index (χ1) is 12.3. The standard InChI is InChI=1S/C23H35N3/c1-18(2)17-20-7-11-22(12-8-20)25(5)15-16-26(6)23-13-9-21(10-14-23)24-19(3)4/h7-14,18-19,24H,15-17H2,1-6H3. The molecule has 3 nitrogen and oxygen atoms in total. The second-order valence-electron chi connectivity index (χ2n) is 7.95. The molecule has 26 heavy (non-hydrogen) atoms. The number of likely N-dealkylation sites (N-methyl/N-ethyl adjacent to an activating group) is 2. The average Bonchev–Trinajstić information content (AvgIpc) is 2.59. The van der Waals surface area contributed by atoms with Crippen molar-refractivity contribution >= 4 is 17.1 Å². The van der Waals surface area contributed by atoms with Gasteiger partial charge in [-0.1, -0.05) is 26.0 Å². The van der Waals surface area contributed by atoms with Gasteiger partial charge in [-0.3, -0.25) is 0 Å². The number of rotatable bonds is 9. The van der Waals surface area contributed by atoms with E-state index in [1.54, 1.807) is 0 Å². The van der Waals surface area contributed by atoms with Gasteiger partial charge in [-0.25, -0.2) is 0 Å². The molecule has 0 radical (unpaired) electrons. The quantitative estimate of drug-likeness (QED) is 0.662. The molecular formula is C23H35N3. The van der Waals surface area contributed by atoms with Gasteiger partial charge < -0.3 is 15.1 Å². The minimum absolute atomic E-state index is 0.458. The molecule has 2 aromatic carbocycles. The van der Waals surface area contributed by atoms with E-state index in [1.807, 2.05) is 0 Å². The molecule has 0 aromatic heterocycles. The lowest BCUT2D eigenvalue weighted by atomic mass is 10.0. The summed E-state index contributed by atoms with van der Waals surface area (Å²) < 4.78 is 0.